The van der Waals surface area contributed by atoms with E-state index in [1.165, 1.54) is 11.1 Å². The predicted octanol–water partition coefficient (Wildman–Crippen LogP) is 1.91. The number of nitrogens with zero attached hydrogens (tertiary/aromatic N) is 2. The van der Waals surface area contributed by atoms with E-state index in [4.69, 9.17) is 0 Å². The molecule has 0 radical (unpaired) electrons. The van der Waals surface area contributed by atoms with Crippen molar-refractivity contribution in [1.29, 1.82) is 0 Å². The zero-order valence-corrected chi connectivity index (χ0v) is 18.1. The normalized spacial score (nSPS) is 11.9. The van der Waals surface area contributed by atoms with Crippen molar-refractivity contribution in [3.05, 3.63) is 15.6 Å². The highest BCUT2D eigenvalue weighted by Crippen LogP contribution is 2.16. The van der Waals surface area contributed by atoms with Gasteiger partial charge in [0.15, 0.2) is 5.96 Å². The molecule has 23 heavy (non-hydrogen) atoms. The first-order valence-corrected chi connectivity index (χ1v) is 10.3. The van der Waals surface area contributed by atoms with Gasteiger partial charge in [0.2, 0.25) is 0 Å². The number of sulfone groups is 1. The van der Waals surface area contributed by atoms with Gasteiger partial charge in [-0.15, -0.1) is 35.3 Å². The smallest absolute Gasteiger partial charge is 0.191 e. The zero-order chi connectivity index (χ0) is 16.6. The average Bonchev–Trinajstić information content (AvgIpc) is 2.72. The molecule has 0 amide bonds. The quantitative estimate of drug-likeness (QED) is 0.260. The van der Waals surface area contributed by atoms with Crippen molar-refractivity contribution < 1.29 is 8.42 Å². The second-order valence-corrected chi connectivity index (χ2v) is 8.72. The highest BCUT2D eigenvalue weighted by Gasteiger charge is 2.04. The van der Waals surface area contributed by atoms with Crippen molar-refractivity contribution in [3.8, 4) is 0 Å². The van der Waals surface area contributed by atoms with Gasteiger partial charge in [-0.2, -0.15) is 0 Å². The van der Waals surface area contributed by atoms with Gasteiger partial charge in [-0.1, -0.05) is 0 Å². The van der Waals surface area contributed by atoms with Crippen LogP contribution in [0.25, 0.3) is 0 Å². The van der Waals surface area contributed by atoms with Gasteiger partial charge in [0.05, 0.1) is 16.5 Å². The summed E-state index contributed by atoms with van der Waals surface area (Å²) in [6.45, 7) is 8.13. The van der Waals surface area contributed by atoms with E-state index in [1.54, 1.807) is 11.3 Å². The molecule has 2 N–H and O–H groups in total. The Kier molecular flexibility index (Phi) is 11.0. The topological polar surface area (TPSA) is 83.5 Å². The minimum atomic E-state index is -2.91. The van der Waals surface area contributed by atoms with Crippen molar-refractivity contribution in [2.24, 2.45) is 4.99 Å². The van der Waals surface area contributed by atoms with Gasteiger partial charge in [0.25, 0.3) is 0 Å². The largest absolute Gasteiger partial charge is 0.357 e. The fraction of sp³-hybridized carbons (Fsp3) is 0.714. The SMILES string of the molecule is CCNC(=NCCCS(C)(=O)=O)NCCc1nc(C)c(C)s1.I. The molecule has 0 saturated heterocycles. The van der Waals surface area contributed by atoms with Crippen LogP contribution in [0.5, 0.6) is 0 Å². The van der Waals surface area contributed by atoms with Gasteiger partial charge in [0.1, 0.15) is 9.84 Å². The summed E-state index contributed by atoms with van der Waals surface area (Å²) in [5, 5.41) is 7.53. The third-order valence-electron chi connectivity index (χ3n) is 2.99. The fourth-order valence-electron chi connectivity index (χ4n) is 1.79. The van der Waals surface area contributed by atoms with E-state index >= 15 is 0 Å². The number of guanidine groups is 1. The Balaban J connectivity index is 0.00000484. The molecular weight excluding hydrogens is 447 g/mol. The molecule has 0 unspecified atom stereocenters. The number of hydrogen-bond acceptors (Lipinski definition) is 5. The van der Waals surface area contributed by atoms with E-state index < -0.39 is 9.84 Å². The molecule has 0 fully saturated rings. The molecule has 0 aromatic carbocycles. The van der Waals surface area contributed by atoms with E-state index in [0.29, 0.717) is 13.0 Å². The average molecular weight is 474 g/mol. The first-order chi connectivity index (χ1) is 10.3. The van der Waals surface area contributed by atoms with Crippen LogP contribution in [0.3, 0.4) is 0 Å². The van der Waals surface area contributed by atoms with Crippen LogP contribution in [-0.4, -0.2) is 51.0 Å². The number of aryl methyl sites for hydroxylation is 2. The molecule has 1 heterocycles. The molecule has 0 aliphatic carbocycles. The maximum Gasteiger partial charge on any atom is 0.191 e. The lowest BCUT2D eigenvalue weighted by Gasteiger charge is -2.10. The zero-order valence-electron chi connectivity index (χ0n) is 14.2. The molecule has 0 atom stereocenters. The molecule has 0 saturated carbocycles. The van der Waals surface area contributed by atoms with Gasteiger partial charge < -0.3 is 10.6 Å². The van der Waals surface area contributed by atoms with Crippen LogP contribution < -0.4 is 10.6 Å². The van der Waals surface area contributed by atoms with Gasteiger partial charge in [-0.25, -0.2) is 13.4 Å². The Morgan fingerprint density at radius 1 is 1.30 bits per heavy atom. The number of aliphatic imine (C=N–C) groups is 1. The molecule has 0 bridgehead atoms. The summed E-state index contributed by atoms with van der Waals surface area (Å²) in [7, 11) is -2.91. The lowest BCUT2D eigenvalue weighted by Crippen LogP contribution is -2.38. The highest BCUT2D eigenvalue weighted by molar-refractivity contribution is 14.0. The standard InChI is InChI=1S/C14H26N4O2S2.HI/c1-5-15-14(16-8-6-10-22(4,19)20)17-9-7-13-18-11(2)12(3)21-13;/h5-10H2,1-4H3,(H2,15,16,17);1H. The summed E-state index contributed by atoms with van der Waals surface area (Å²) in [5.74, 6) is 0.897. The van der Waals surface area contributed by atoms with Crippen LogP contribution in [0.15, 0.2) is 4.99 Å². The first-order valence-electron chi connectivity index (χ1n) is 7.44. The number of rotatable bonds is 8. The van der Waals surface area contributed by atoms with Gasteiger partial charge in [-0.05, 0) is 27.2 Å². The number of thiazole rings is 1. The van der Waals surface area contributed by atoms with Crippen LogP contribution >= 0.6 is 35.3 Å². The molecule has 0 spiro atoms. The molecule has 9 heteroatoms. The number of nitrogens with one attached hydrogen (secondary N) is 2. The second kappa shape index (κ2) is 11.2. The third-order valence-corrected chi connectivity index (χ3v) is 5.15. The highest BCUT2D eigenvalue weighted by atomic mass is 127. The van der Waals surface area contributed by atoms with Crippen LogP contribution in [-0.2, 0) is 16.3 Å². The Morgan fingerprint density at radius 3 is 2.52 bits per heavy atom. The van der Waals surface area contributed by atoms with Crippen molar-refractivity contribution in [2.45, 2.75) is 33.6 Å². The molecule has 0 aliphatic rings. The number of hydrogen-bond donors (Lipinski definition) is 2. The van der Waals surface area contributed by atoms with Crippen molar-refractivity contribution >= 4 is 51.1 Å². The molecule has 1 aromatic rings. The lowest BCUT2D eigenvalue weighted by molar-refractivity contribution is 0.599. The van der Waals surface area contributed by atoms with Gasteiger partial charge in [0, 0.05) is 37.2 Å². The van der Waals surface area contributed by atoms with Crippen LogP contribution in [0.2, 0.25) is 0 Å². The lowest BCUT2D eigenvalue weighted by atomic mass is 10.4. The van der Waals surface area contributed by atoms with E-state index in [1.807, 2.05) is 13.8 Å². The molecule has 0 aliphatic heterocycles. The van der Waals surface area contributed by atoms with Crippen molar-refractivity contribution in [2.75, 3.05) is 31.6 Å². The molecule has 1 aromatic heterocycles. The summed E-state index contributed by atoms with van der Waals surface area (Å²) in [5.41, 5.74) is 1.10. The number of halogens is 1. The summed E-state index contributed by atoms with van der Waals surface area (Å²) in [6, 6.07) is 0. The molecular formula is C14H27IN4O2S2. The second-order valence-electron chi connectivity index (χ2n) is 5.17. The van der Waals surface area contributed by atoms with E-state index in [-0.39, 0.29) is 29.7 Å². The van der Waals surface area contributed by atoms with Crippen LogP contribution in [0, 0.1) is 13.8 Å². The summed E-state index contributed by atoms with van der Waals surface area (Å²) in [4.78, 5) is 10.2. The van der Waals surface area contributed by atoms with Crippen LogP contribution in [0.4, 0.5) is 0 Å². The Hall–Kier alpha value is -0.420. The molecule has 134 valence electrons. The number of aromatic nitrogens is 1. The summed E-state index contributed by atoms with van der Waals surface area (Å²) >= 11 is 1.73. The Labute approximate surface area is 160 Å². The minimum absolute atomic E-state index is 0. The predicted molar refractivity (Wildman–Crippen MR) is 109 cm³/mol. The van der Waals surface area contributed by atoms with Crippen LogP contribution in [0.1, 0.15) is 28.9 Å². The third kappa shape index (κ3) is 10.1. The van der Waals surface area contributed by atoms with Crippen molar-refractivity contribution in [1.82, 2.24) is 15.6 Å². The Morgan fingerprint density at radius 2 is 2.00 bits per heavy atom. The maximum atomic E-state index is 11.1. The van der Waals surface area contributed by atoms with Gasteiger partial charge in [-0.3, -0.25) is 4.99 Å². The molecule has 1 rings (SSSR count). The maximum absolute atomic E-state index is 11.1. The molecule has 6 nitrogen and oxygen atoms in total. The van der Waals surface area contributed by atoms with Crippen molar-refractivity contribution in [3.63, 3.8) is 0 Å². The first kappa shape index (κ1) is 22.6. The monoisotopic (exact) mass is 474 g/mol. The van der Waals surface area contributed by atoms with E-state index in [0.717, 1.165) is 36.2 Å². The summed E-state index contributed by atoms with van der Waals surface area (Å²) < 4.78 is 22.1. The van der Waals surface area contributed by atoms with E-state index in [9.17, 15) is 8.42 Å². The Bertz CT molecular complexity index is 580. The fourth-order valence-corrected chi connectivity index (χ4v) is 3.38. The van der Waals surface area contributed by atoms with E-state index in [2.05, 4.69) is 27.5 Å². The van der Waals surface area contributed by atoms with Gasteiger partial charge >= 0.3 is 0 Å². The summed E-state index contributed by atoms with van der Waals surface area (Å²) in [6.07, 6.45) is 2.64. The minimum Gasteiger partial charge on any atom is -0.357 e.